The van der Waals surface area contributed by atoms with Gasteiger partial charge in [0, 0.05) is 19.5 Å². The largest absolute Gasteiger partial charge is 0.481 e. The van der Waals surface area contributed by atoms with Crippen molar-refractivity contribution >= 4 is 33.6 Å². The average molecular weight is 359 g/mol. The number of nitrogens with two attached hydrogens (primary N) is 1. The van der Waals surface area contributed by atoms with Crippen LogP contribution in [0.25, 0.3) is 0 Å². The number of rotatable bonds is 8. The van der Waals surface area contributed by atoms with Crippen LogP contribution >= 0.6 is 0 Å². The van der Waals surface area contributed by atoms with Crippen molar-refractivity contribution in [1.82, 2.24) is 10.6 Å². The van der Waals surface area contributed by atoms with Crippen LogP contribution < -0.4 is 16.4 Å². The summed E-state index contributed by atoms with van der Waals surface area (Å²) >= 11 is 0. The zero-order chi connectivity index (χ0) is 18.3. The molecule has 0 bridgehead atoms. The summed E-state index contributed by atoms with van der Waals surface area (Å²) < 4.78 is 31.8. The number of carboxylic acid groups (broad SMARTS) is 1. The number of carboxylic acids is 1. The molecule has 6 N–H and O–H groups in total. The fourth-order valence-electron chi connectivity index (χ4n) is 1.80. The second kappa shape index (κ2) is 8.26. The first kappa shape index (κ1) is 19.4. The molecule has 24 heavy (non-hydrogen) atoms. The van der Waals surface area contributed by atoms with E-state index in [2.05, 4.69) is 10.6 Å². The van der Waals surface area contributed by atoms with Crippen molar-refractivity contribution in [1.29, 1.82) is 0 Å². The predicted octanol–water partition coefficient (Wildman–Crippen LogP) is -0.774. The quantitative estimate of drug-likeness (QED) is 0.228. The molecule has 0 aliphatic rings. The Bertz CT molecular complexity index is 746. The number of nitrogen functional groups attached to an aromatic ring is 1. The zero-order valence-corrected chi connectivity index (χ0v) is 13.3. The summed E-state index contributed by atoms with van der Waals surface area (Å²) in [6, 6.07) is 3.76. The molecule has 0 saturated carbocycles. The minimum absolute atomic E-state index is 0.0215. The van der Waals surface area contributed by atoms with Gasteiger partial charge in [0.15, 0.2) is 0 Å². The molecule has 0 saturated heterocycles. The topological polar surface area (TPSA) is 176 Å². The van der Waals surface area contributed by atoms with Crippen molar-refractivity contribution in [2.45, 2.75) is 17.7 Å². The molecule has 1 rings (SSSR count). The highest BCUT2D eigenvalue weighted by Gasteiger charge is 2.23. The summed E-state index contributed by atoms with van der Waals surface area (Å²) in [5.41, 5.74) is 4.88. The fourth-order valence-corrected chi connectivity index (χ4v) is 2.61. The Kier molecular flexibility index (Phi) is 6.68. The Labute approximate surface area is 137 Å². The van der Waals surface area contributed by atoms with E-state index < -0.39 is 32.8 Å². The van der Waals surface area contributed by atoms with E-state index >= 15 is 0 Å². The molecular formula is C13H17N3O7S. The summed E-state index contributed by atoms with van der Waals surface area (Å²) in [6.07, 6.45) is -0.495. The van der Waals surface area contributed by atoms with E-state index in [1.165, 1.54) is 18.2 Å². The molecule has 0 fully saturated rings. The van der Waals surface area contributed by atoms with Crippen molar-refractivity contribution in [2.24, 2.45) is 0 Å². The normalized spacial score (nSPS) is 10.9. The highest BCUT2D eigenvalue weighted by molar-refractivity contribution is 7.86. The SMILES string of the molecule is Nc1cccc(C(=O)NCCNC(=O)CCC(=O)O)c1S(=O)(=O)O. The number of benzene rings is 1. The van der Waals surface area contributed by atoms with Gasteiger partial charge in [0.25, 0.3) is 16.0 Å². The molecule has 0 unspecified atom stereocenters. The summed E-state index contributed by atoms with van der Waals surface area (Å²) in [5.74, 6) is -2.39. The molecule has 0 aliphatic heterocycles. The van der Waals surface area contributed by atoms with Gasteiger partial charge in [-0.1, -0.05) is 6.07 Å². The maximum absolute atomic E-state index is 12.0. The van der Waals surface area contributed by atoms with E-state index in [4.69, 9.17) is 15.4 Å². The lowest BCUT2D eigenvalue weighted by atomic mass is 10.2. The lowest BCUT2D eigenvalue weighted by Gasteiger charge is -2.10. The average Bonchev–Trinajstić information content (AvgIpc) is 2.47. The van der Waals surface area contributed by atoms with Crippen LogP contribution in [0.2, 0.25) is 0 Å². The van der Waals surface area contributed by atoms with E-state index in [-0.39, 0.29) is 37.2 Å². The Morgan fingerprint density at radius 3 is 2.29 bits per heavy atom. The van der Waals surface area contributed by atoms with Crippen LogP contribution in [0.15, 0.2) is 23.1 Å². The van der Waals surface area contributed by atoms with Crippen molar-refractivity contribution in [3.05, 3.63) is 23.8 Å². The van der Waals surface area contributed by atoms with Crippen LogP contribution in [0.1, 0.15) is 23.2 Å². The van der Waals surface area contributed by atoms with Gasteiger partial charge in [-0.25, -0.2) is 0 Å². The number of anilines is 1. The maximum atomic E-state index is 12.0. The Morgan fingerprint density at radius 1 is 1.08 bits per heavy atom. The minimum Gasteiger partial charge on any atom is -0.481 e. The van der Waals surface area contributed by atoms with Gasteiger partial charge in [-0.15, -0.1) is 0 Å². The number of hydrogen-bond acceptors (Lipinski definition) is 6. The number of amides is 2. The first-order chi connectivity index (χ1) is 11.1. The summed E-state index contributed by atoms with van der Waals surface area (Å²) in [6.45, 7) is -0.00885. The highest BCUT2D eigenvalue weighted by Crippen LogP contribution is 2.22. The molecule has 132 valence electrons. The molecule has 2 amide bonds. The Balaban J connectivity index is 2.60. The van der Waals surface area contributed by atoms with E-state index in [9.17, 15) is 22.8 Å². The first-order valence-electron chi connectivity index (χ1n) is 6.75. The molecule has 1 aromatic carbocycles. The molecule has 11 heteroatoms. The zero-order valence-electron chi connectivity index (χ0n) is 12.5. The molecule has 0 atom stereocenters. The second-order valence-corrected chi connectivity index (χ2v) is 6.06. The summed E-state index contributed by atoms with van der Waals surface area (Å²) in [4.78, 5) is 32.9. The summed E-state index contributed by atoms with van der Waals surface area (Å²) in [5, 5.41) is 13.2. The fraction of sp³-hybridized carbons (Fsp3) is 0.308. The van der Waals surface area contributed by atoms with Crippen molar-refractivity contribution in [2.75, 3.05) is 18.8 Å². The lowest BCUT2D eigenvalue weighted by Crippen LogP contribution is -2.35. The van der Waals surface area contributed by atoms with Gasteiger partial charge in [0.2, 0.25) is 5.91 Å². The van der Waals surface area contributed by atoms with Crippen LogP contribution in [-0.4, -0.2) is 49.0 Å². The van der Waals surface area contributed by atoms with Crippen molar-refractivity contribution in [3.63, 3.8) is 0 Å². The third-order valence-electron chi connectivity index (χ3n) is 2.85. The van der Waals surface area contributed by atoms with Gasteiger partial charge in [0.05, 0.1) is 17.7 Å². The number of aliphatic carboxylic acids is 1. The van der Waals surface area contributed by atoms with Crippen molar-refractivity contribution in [3.8, 4) is 0 Å². The second-order valence-electron chi connectivity index (χ2n) is 4.70. The van der Waals surface area contributed by atoms with Crippen LogP contribution in [0.3, 0.4) is 0 Å². The third-order valence-corrected chi connectivity index (χ3v) is 3.82. The minimum atomic E-state index is -4.68. The molecular weight excluding hydrogens is 342 g/mol. The molecule has 0 spiro atoms. The van der Waals surface area contributed by atoms with Gasteiger partial charge in [-0.3, -0.25) is 18.9 Å². The van der Waals surface area contributed by atoms with Gasteiger partial charge in [-0.05, 0) is 12.1 Å². The molecule has 0 radical (unpaired) electrons. The first-order valence-corrected chi connectivity index (χ1v) is 8.19. The molecule has 0 aliphatic carbocycles. The van der Waals surface area contributed by atoms with Crippen LogP contribution in [-0.2, 0) is 19.7 Å². The smallest absolute Gasteiger partial charge is 0.303 e. The summed E-state index contributed by atoms with van der Waals surface area (Å²) in [7, 11) is -4.68. The number of nitrogens with one attached hydrogen (secondary N) is 2. The highest BCUT2D eigenvalue weighted by atomic mass is 32.2. The number of carbonyl (C=O) groups is 3. The van der Waals surface area contributed by atoms with Crippen LogP contribution in [0, 0.1) is 0 Å². The van der Waals surface area contributed by atoms with Crippen LogP contribution in [0.5, 0.6) is 0 Å². The maximum Gasteiger partial charge on any atom is 0.303 e. The number of carbonyl (C=O) groups excluding carboxylic acids is 2. The van der Waals surface area contributed by atoms with E-state index in [0.717, 1.165) is 0 Å². The number of hydrogen-bond donors (Lipinski definition) is 5. The van der Waals surface area contributed by atoms with Gasteiger partial charge < -0.3 is 21.5 Å². The standard InChI is InChI=1S/C13H17N3O7S/c14-9-3-1-2-8(12(9)24(21,22)23)13(20)16-7-6-15-10(17)4-5-11(18)19/h1-3H,4-7,14H2,(H,15,17)(H,16,20)(H,18,19)(H,21,22,23). The lowest BCUT2D eigenvalue weighted by molar-refractivity contribution is -0.138. The van der Waals surface area contributed by atoms with Crippen LogP contribution in [0.4, 0.5) is 5.69 Å². The molecule has 1 aromatic rings. The van der Waals surface area contributed by atoms with E-state index in [1.807, 2.05) is 0 Å². The van der Waals surface area contributed by atoms with Gasteiger partial charge in [-0.2, -0.15) is 8.42 Å². The Hall–Kier alpha value is -2.66. The van der Waals surface area contributed by atoms with Crippen molar-refractivity contribution < 1.29 is 32.5 Å². The monoisotopic (exact) mass is 359 g/mol. The Morgan fingerprint density at radius 2 is 1.71 bits per heavy atom. The molecule has 0 aromatic heterocycles. The third kappa shape index (κ3) is 5.85. The molecule has 0 heterocycles. The van der Waals surface area contributed by atoms with E-state index in [0.29, 0.717) is 0 Å². The molecule has 10 nitrogen and oxygen atoms in total. The van der Waals surface area contributed by atoms with Gasteiger partial charge >= 0.3 is 5.97 Å². The van der Waals surface area contributed by atoms with E-state index in [1.54, 1.807) is 0 Å². The predicted molar refractivity (Wildman–Crippen MR) is 82.9 cm³/mol. The van der Waals surface area contributed by atoms with Gasteiger partial charge in [0.1, 0.15) is 4.90 Å².